The maximum Gasteiger partial charge on any atom is 0.197 e. The van der Waals surface area contributed by atoms with Gasteiger partial charge in [-0.25, -0.2) is 0 Å². The first-order valence-corrected chi connectivity index (χ1v) is 17.4. The molecule has 0 bridgehead atoms. The van der Waals surface area contributed by atoms with Crippen molar-refractivity contribution in [1.29, 1.82) is 0 Å². The second-order valence-corrected chi connectivity index (χ2v) is 14.2. The monoisotopic (exact) mass is 592 g/mol. The molecule has 0 aromatic heterocycles. The first-order valence-electron chi connectivity index (χ1n) is 17.4. The topological polar surface area (TPSA) is 36.9 Å². The molecule has 0 saturated heterocycles. The molecule has 0 aliphatic heterocycles. The molecule has 4 atom stereocenters. The Bertz CT molecular complexity index is 976. The van der Waals surface area contributed by atoms with E-state index >= 15 is 0 Å². The summed E-state index contributed by atoms with van der Waals surface area (Å²) in [6.45, 7) is 18.1. The van der Waals surface area contributed by atoms with E-state index < -0.39 is 0 Å². The van der Waals surface area contributed by atoms with Crippen molar-refractivity contribution in [3.63, 3.8) is 0 Å². The van der Waals surface area contributed by atoms with Crippen LogP contribution in [0.2, 0.25) is 0 Å². The Kier molecular flexibility index (Phi) is 12.4. The van der Waals surface area contributed by atoms with Crippen LogP contribution in [0.25, 0.3) is 0 Å². The molecule has 2 aromatic rings. The van der Waals surface area contributed by atoms with Crippen molar-refractivity contribution in [2.24, 2.45) is 17.3 Å². The molecule has 2 saturated carbocycles. The van der Waals surface area contributed by atoms with Crippen LogP contribution in [0.4, 0.5) is 0 Å². The molecule has 2 aliphatic carbocycles. The lowest BCUT2D eigenvalue weighted by Gasteiger charge is -2.47. The van der Waals surface area contributed by atoms with E-state index in [1.54, 1.807) is 0 Å². The third-order valence-electron chi connectivity index (χ3n) is 10.9. The van der Waals surface area contributed by atoms with Crippen LogP contribution in [0.15, 0.2) is 48.5 Å². The first-order chi connectivity index (χ1) is 20.6. The highest BCUT2D eigenvalue weighted by molar-refractivity contribution is 5.30. The van der Waals surface area contributed by atoms with Crippen LogP contribution in [-0.4, -0.2) is 24.8 Å². The molecular formula is C39H60O4. The lowest BCUT2D eigenvalue weighted by Crippen LogP contribution is -2.40. The van der Waals surface area contributed by atoms with Crippen LogP contribution in [0.5, 0.6) is 11.5 Å². The van der Waals surface area contributed by atoms with Gasteiger partial charge in [0.2, 0.25) is 0 Å². The van der Waals surface area contributed by atoms with Crippen LogP contribution in [0, 0.1) is 17.3 Å². The van der Waals surface area contributed by atoms with E-state index in [4.69, 9.17) is 18.9 Å². The molecule has 2 aromatic carbocycles. The van der Waals surface area contributed by atoms with Gasteiger partial charge in [-0.15, -0.1) is 0 Å². The van der Waals surface area contributed by atoms with Crippen molar-refractivity contribution in [2.75, 3.05) is 0 Å². The highest BCUT2D eigenvalue weighted by atomic mass is 16.7. The second-order valence-electron chi connectivity index (χ2n) is 14.2. The highest BCUT2D eigenvalue weighted by Crippen LogP contribution is 2.49. The fraction of sp³-hybridized carbons (Fsp3) is 0.692. The molecule has 0 radical (unpaired) electrons. The van der Waals surface area contributed by atoms with Gasteiger partial charge in [0, 0.05) is 0 Å². The minimum absolute atomic E-state index is 0.227. The van der Waals surface area contributed by atoms with Crippen molar-refractivity contribution in [3.05, 3.63) is 59.7 Å². The van der Waals surface area contributed by atoms with Gasteiger partial charge in [-0.2, -0.15) is 0 Å². The molecule has 4 rings (SSSR count). The SMILES string of the molecule is CCC(C)c1ccc(OC(C)OC2CCC(C(C)(C)C3CCC(OC(C)Oc4ccc(C(C)CC)cc4)CC3)CC2)cc1. The summed E-state index contributed by atoms with van der Waals surface area (Å²) in [5, 5.41) is 0. The maximum atomic E-state index is 6.36. The normalized spacial score (nSPS) is 25.9. The van der Waals surface area contributed by atoms with Crippen LogP contribution in [-0.2, 0) is 9.47 Å². The molecule has 2 fully saturated rings. The summed E-state index contributed by atoms with van der Waals surface area (Å²) < 4.78 is 25.0. The molecule has 43 heavy (non-hydrogen) atoms. The third kappa shape index (κ3) is 9.47. The predicted molar refractivity (Wildman–Crippen MR) is 178 cm³/mol. The molecule has 4 heteroatoms. The average Bonchev–Trinajstić information content (AvgIpc) is 3.01. The Morgan fingerprint density at radius 3 is 1.19 bits per heavy atom. The predicted octanol–water partition coefficient (Wildman–Crippen LogP) is 11.0. The van der Waals surface area contributed by atoms with E-state index in [1.165, 1.54) is 36.8 Å². The average molecular weight is 593 g/mol. The van der Waals surface area contributed by atoms with Gasteiger partial charge >= 0.3 is 0 Å². The number of benzene rings is 2. The van der Waals surface area contributed by atoms with E-state index in [0.29, 0.717) is 29.5 Å². The van der Waals surface area contributed by atoms with Crippen LogP contribution in [0.1, 0.15) is 143 Å². The molecule has 2 aliphatic rings. The Morgan fingerprint density at radius 1 is 0.558 bits per heavy atom. The summed E-state index contributed by atoms with van der Waals surface area (Å²) in [6, 6.07) is 17.1. The Labute approximate surface area is 263 Å². The summed E-state index contributed by atoms with van der Waals surface area (Å²) >= 11 is 0. The molecule has 0 spiro atoms. The fourth-order valence-corrected chi connectivity index (χ4v) is 7.42. The van der Waals surface area contributed by atoms with Gasteiger partial charge in [0.15, 0.2) is 12.6 Å². The zero-order valence-corrected chi connectivity index (χ0v) is 28.4. The molecule has 0 heterocycles. The fourth-order valence-electron chi connectivity index (χ4n) is 7.42. The van der Waals surface area contributed by atoms with Crippen molar-refractivity contribution >= 4 is 0 Å². The number of hydrogen-bond donors (Lipinski definition) is 0. The zero-order valence-electron chi connectivity index (χ0n) is 28.4. The van der Waals surface area contributed by atoms with Crippen molar-refractivity contribution < 1.29 is 18.9 Å². The standard InChI is InChI=1S/C39H60O4/c1-9-27(3)31-11-19-35(20-12-31)40-29(5)42-37-23-15-33(16-24-37)39(7,8)34-17-25-38(26-18-34)43-30(6)41-36-21-13-32(14-22-36)28(4)10-2/h11-14,19-22,27-30,33-34,37-38H,9-10,15-18,23-26H2,1-8H3. The summed E-state index contributed by atoms with van der Waals surface area (Å²) in [7, 11) is 0. The van der Waals surface area contributed by atoms with E-state index in [2.05, 4.69) is 90.1 Å². The third-order valence-corrected chi connectivity index (χ3v) is 10.9. The summed E-state index contributed by atoms with van der Waals surface area (Å²) in [4.78, 5) is 0. The van der Waals surface area contributed by atoms with Crippen molar-refractivity contribution in [2.45, 2.75) is 156 Å². The van der Waals surface area contributed by atoms with Crippen LogP contribution >= 0.6 is 0 Å². The van der Waals surface area contributed by atoms with Gasteiger partial charge in [0.25, 0.3) is 0 Å². The Balaban J connectivity index is 1.16. The second kappa shape index (κ2) is 15.8. The first kappa shape index (κ1) is 33.8. The molecule has 240 valence electrons. The van der Waals surface area contributed by atoms with E-state index in [1.807, 2.05) is 13.8 Å². The Hall–Kier alpha value is -2.04. The van der Waals surface area contributed by atoms with Gasteiger partial charge in [0.05, 0.1) is 12.2 Å². The smallest absolute Gasteiger partial charge is 0.197 e. The quantitative estimate of drug-likeness (QED) is 0.204. The highest BCUT2D eigenvalue weighted by Gasteiger charge is 2.41. The van der Waals surface area contributed by atoms with Gasteiger partial charge in [0.1, 0.15) is 11.5 Å². The summed E-state index contributed by atoms with van der Waals surface area (Å²) in [5.74, 6) is 4.45. The minimum atomic E-state index is -0.227. The number of rotatable bonds is 14. The lowest BCUT2D eigenvalue weighted by atomic mass is 9.60. The zero-order chi connectivity index (χ0) is 31.0. The molecule has 0 N–H and O–H groups in total. The minimum Gasteiger partial charge on any atom is -0.465 e. The van der Waals surface area contributed by atoms with E-state index in [0.717, 1.165) is 61.9 Å². The molecular weight excluding hydrogens is 532 g/mol. The summed E-state index contributed by atoms with van der Waals surface area (Å²) in [5.41, 5.74) is 3.08. The largest absolute Gasteiger partial charge is 0.465 e. The van der Waals surface area contributed by atoms with Gasteiger partial charge in [-0.3, -0.25) is 0 Å². The Morgan fingerprint density at radius 2 is 0.884 bits per heavy atom. The molecule has 0 amide bonds. The van der Waals surface area contributed by atoms with Crippen molar-refractivity contribution in [3.8, 4) is 11.5 Å². The summed E-state index contributed by atoms with van der Waals surface area (Å²) in [6.07, 6.45) is 11.9. The van der Waals surface area contributed by atoms with Crippen LogP contribution < -0.4 is 9.47 Å². The van der Waals surface area contributed by atoms with Crippen molar-refractivity contribution in [1.82, 2.24) is 0 Å². The van der Waals surface area contributed by atoms with E-state index in [-0.39, 0.29) is 12.6 Å². The number of hydrogen-bond acceptors (Lipinski definition) is 4. The lowest BCUT2D eigenvalue weighted by molar-refractivity contribution is -0.132. The molecule has 4 unspecified atom stereocenters. The molecule has 4 nitrogen and oxygen atoms in total. The van der Waals surface area contributed by atoms with Gasteiger partial charge in [-0.05, 0) is 143 Å². The maximum absolute atomic E-state index is 6.36. The van der Waals surface area contributed by atoms with Gasteiger partial charge < -0.3 is 18.9 Å². The van der Waals surface area contributed by atoms with E-state index in [9.17, 15) is 0 Å². The van der Waals surface area contributed by atoms with Crippen LogP contribution in [0.3, 0.4) is 0 Å². The van der Waals surface area contributed by atoms with Gasteiger partial charge in [-0.1, -0.05) is 65.8 Å². The number of ether oxygens (including phenoxy) is 4.